The molecule has 0 amide bonds. The van der Waals surface area contributed by atoms with Gasteiger partial charge in [-0.2, -0.15) is 0 Å². The summed E-state index contributed by atoms with van der Waals surface area (Å²) in [5, 5.41) is 0. The summed E-state index contributed by atoms with van der Waals surface area (Å²) in [7, 11) is 0. The molecule has 0 aromatic carbocycles. The summed E-state index contributed by atoms with van der Waals surface area (Å²) in [6.07, 6.45) is 1.51. The second-order valence-electron chi connectivity index (χ2n) is 1.37. The van der Waals surface area contributed by atoms with Crippen LogP contribution in [0.15, 0.2) is 10.6 Å². The van der Waals surface area contributed by atoms with Crippen LogP contribution >= 0.6 is 0 Å². The molecule has 0 aliphatic heterocycles. The molecule has 4 heteroatoms. The Morgan fingerprint density at radius 3 is 2.75 bits per heavy atom. The summed E-state index contributed by atoms with van der Waals surface area (Å²) < 4.78 is 4.77. The van der Waals surface area contributed by atoms with E-state index in [4.69, 9.17) is 15.9 Å². The molecule has 1 heterocycles. The van der Waals surface area contributed by atoms with Crippen LogP contribution in [0.25, 0.3) is 0 Å². The summed E-state index contributed by atoms with van der Waals surface area (Å²) in [6.45, 7) is 0.351. The Kier molecular flexibility index (Phi) is 1.17. The van der Waals surface area contributed by atoms with Gasteiger partial charge < -0.3 is 15.9 Å². The molecule has 0 spiro atoms. The van der Waals surface area contributed by atoms with E-state index >= 15 is 0 Å². The van der Waals surface area contributed by atoms with Gasteiger partial charge in [0.25, 0.3) is 6.01 Å². The molecule has 0 fully saturated rings. The van der Waals surface area contributed by atoms with Crippen LogP contribution in [0.3, 0.4) is 0 Å². The molecule has 0 unspecified atom stereocenters. The fourth-order valence-electron chi connectivity index (χ4n) is 0.417. The van der Waals surface area contributed by atoms with Gasteiger partial charge in [-0.05, 0) is 0 Å². The van der Waals surface area contributed by atoms with Crippen molar-refractivity contribution < 1.29 is 4.42 Å². The molecule has 0 saturated heterocycles. The van der Waals surface area contributed by atoms with E-state index < -0.39 is 0 Å². The number of nitrogens with zero attached hydrogens (tertiary/aromatic N) is 1. The van der Waals surface area contributed by atoms with Crippen molar-refractivity contribution >= 4 is 6.01 Å². The third-order valence-corrected chi connectivity index (χ3v) is 0.773. The van der Waals surface area contributed by atoms with E-state index in [1.807, 2.05) is 0 Å². The van der Waals surface area contributed by atoms with Crippen molar-refractivity contribution in [3.05, 3.63) is 12.0 Å². The summed E-state index contributed by atoms with van der Waals surface area (Å²) in [6, 6.07) is 0.172. The zero-order chi connectivity index (χ0) is 5.98. The lowest BCUT2D eigenvalue weighted by Gasteiger charge is -1.80. The Bertz CT molecular complexity index is 172. The van der Waals surface area contributed by atoms with Crippen LogP contribution in [0.1, 0.15) is 5.76 Å². The van der Waals surface area contributed by atoms with Gasteiger partial charge in [0.05, 0.1) is 12.7 Å². The molecule has 1 rings (SSSR count). The van der Waals surface area contributed by atoms with Gasteiger partial charge in [-0.1, -0.05) is 0 Å². The maximum atomic E-state index is 5.17. The molecule has 8 heavy (non-hydrogen) atoms. The molecule has 0 aliphatic rings. The van der Waals surface area contributed by atoms with Crippen molar-refractivity contribution in [2.45, 2.75) is 6.54 Å². The minimum atomic E-state index is 0.172. The zero-order valence-electron chi connectivity index (χ0n) is 4.29. The molecule has 0 atom stereocenters. The Morgan fingerprint density at radius 1 is 1.75 bits per heavy atom. The van der Waals surface area contributed by atoms with Gasteiger partial charge in [0.15, 0.2) is 0 Å². The molecule has 0 bridgehead atoms. The largest absolute Gasteiger partial charge is 0.428 e. The van der Waals surface area contributed by atoms with Gasteiger partial charge in [0.2, 0.25) is 0 Å². The van der Waals surface area contributed by atoms with E-state index in [1.54, 1.807) is 0 Å². The minimum Gasteiger partial charge on any atom is -0.428 e. The summed E-state index contributed by atoms with van der Waals surface area (Å²) in [5.41, 5.74) is 10.3. The van der Waals surface area contributed by atoms with E-state index in [0.29, 0.717) is 12.3 Å². The number of nitrogens with two attached hydrogens (primary N) is 2. The normalized spacial score (nSPS) is 9.62. The summed E-state index contributed by atoms with van der Waals surface area (Å²) in [4.78, 5) is 3.62. The molecule has 0 saturated carbocycles. The number of oxazole rings is 1. The Balaban J connectivity index is 2.84. The fraction of sp³-hybridized carbons (Fsp3) is 0.250. The number of aromatic nitrogens is 1. The predicted molar refractivity (Wildman–Crippen MR) is 28.8 cm³/mol. The lowest BCUT2D eigenvalue weighted by Crippen LogP contribution is -1.92. The maximum absolute atomic E-state index is 5.17. The molecule has 44 valence electrons. The Morgan fingerprint density at radius 2 is 2.50 bits per heavy atom. The van der Waals surface area contributed by atoms with Gasteiger partial charge in [0, 0.05) is 0 Å². The standard InChI is InChI=1S/C4H7N3O/c5-1-3-2-7-4(6)8-3/h2H,1,5H2,(H2,6,7). The number of hydrogen-bond acceptors (Lipinski definition) is 4. The second kappa shape index (κ2) is 1.83. The molecule has 0 radical (unpaired) electrons. The van der Waals surface area contributed by atoms with E-state index in [-0.39, 0.29) is 6.01 Å². The first-order valence-corrected chi connectivity index (χ1v) is 2.23. The topological polar surface area (TPSA) is 78.1 Å². The van der Waals surface area contributed by atoms with Gasteiger partial charge in [0.1, 0.15) is 5.76 Å². The Hall–Kier alpha value is -1.03. The van der Waals surface area contributed by atoms with Crippen molar-refractivity contribution in [3.8, 4) is 0 Å². The minimum absolute atomic E-state index is 0.172. The highest BCUT2D eigenvalue weighted by Crippen LogP contribution is 2.01. The third kappa shape index (κ3) is 0.788. The van der Waals surface area contributed by atoms with Gasteiger partial charge in [-0.15, -0.1) is 0 Å². The second-order valence-corrected chi connectivity index (χ2v) is 1.37. The van der Waals surface area contributed by atoms with Crippen molar-refractivity contribution in [2.75, 3.05) is 5.73 Å². The van der Waals surface area contributed by atoms with Crippen LogP contribution in [0, 0.1) is 0 Å². The smallest absolute Gasteiger partial charge is 0.292 e. The van der Waals surface area contributed by atoms with Crippen LogP contribution in [-0.2, 0) is 6.54 Å². The number of rotatable bonds is 1. The van der Waals surface area contributed by atoms with Gasteiger partial charge in [-0.3, -0.25) is 0 Å². The van der Waals surface area contributed by atoms with Crippen molar-refractivity contribution in [1.82, 2.24) is 4.98 Å². The summed E-state index contributed by atoms with van der Waals surface area (Å²) >= 11 is 0. The third-order valence-electron chi connectivity index (χ3n) is 0.773. The molecule has 4 N–H and O–H groups in total. The summed E-state index contributed by atoms with van der Waals surface area (Å²) in [5.74, 6) is 0.613. The van der Waals surface area contributed by atoms with Crippen LogP contribution < -0.4 is 11.5 Å². The molecule has 1 aromatic rings. The fourth-order valence-corrected chi connectivity index (χ4v) is 0.417. The molecule has 1 aromatic heterocycles. The van der Waals surface area contributed by atoms with Gasteiger partial charge >= 0.3 is 0 Å². The number of nitrogen functional groups attached to an aromatic ring is 1. The average molecular weight is 113 g/mol. The van der Waals surface area contributed by atoms with E-state index in [2.05, 4.69) is 4.98 Å². The van der Waals surface area contributed by atoms with Gasteiger partial charge in [-0.25, -0.2) is 4.98 Å². The van der Waals surface area contributed by atoms with Crippen LogP contribution in [0.4, 0.5) is 6.01 Å². The quantitative estimate of drug-likeness (QED) is 0.524. The van der Waals surface area contributed by atoms with E-state index in [0.717, 1.165) is 0 Å². The van der Waals surface area contributed by atoms with Crippen molar-refractivity contribution in [1.29, 1.82) is 0 Å². The molecule has 0 aliphatic carbocycles. The predicted octanol–water partition coefficient (Wildman–Crippen LogP) is -0.285. The highest BCUT2D eigenvalue weighted by atomic mass is 16.4. The molecular formula is C4H7N3O. The van der Waals surface area contributed by atoms with E-state index in [1.165, 1.54) is 6.20 Å². The first-order valence-electron chi connectivity index (χ1n) is 2.23. The first kappa shape index (κ1) is 5.11. The van der Waals surface area contributed by atoms with Crippen LogP contribution in [0.2, 0.25) is 0 Å². The molecule has 4 nitrogen and oxygen atoms in total. The van der Waals surface area contributed by atoms with Crippen molar-refractivity contribution in [3.63, 3.8) is 0 Å². The van der Waals surface area contributed by atoms with Crippen molar-refractivity contribution in [2.24, 2.45) is 5.73 Å². The van der Waals surface area contributed by atoms with E-state index in [9.17, 15) is 0 Å². The number of anilines is 1. The lowest BCUT2D eigenvalue weighted by molar-refractivity contribution is 0.526. The maximum Gasteiger partial charge on any atom is 0.292 e. The highest BCUT2D eigenvalue weighted by Gasteiger charge is 1.93. The average Bonchev–Trinajstić information content (AvgIpc) is 2.14. The monoisotopic (exact) mass is 113 g/mol. The van der Waals surface area contributed by atoms with Crippen LogP contribution in [-0.4, -0.2) is 4.98 Å². The zero-order valence-corrected chi connectivity index (χ0v) is 4.29. The number of hydrogen-bond donors (Lipinski definition) is 2. The molecular weight excluding hydrogens is 106 g/mol. The first-order chi connectivity index (χ1) is 3.83. The highest BCUT2D eigenvalue weighted by molar-refractivity contribution is 5.10. The SMILES string of the molecule is NCc1cnc(N)o1. The Labute approximate surface area is 46.5 Å². The van der Waals surface area contributed by atoms with Crippen LogP contribution in [0.5, 0.6) is 0 Å². The lowest BCUT2D eigenvalue weighted by atomic mass is 10.5.